The molecule has 1 aliphatic rings. The molecule has 8 nitrogen and oxygen atoms in total. The Hall–Kier alpha value is -4.72. The average Bonchev–Trinajstić information content (AvgIpc) is 3.32. The molecule has 5 rings (SSSR count). The van der Waals surface area contributed by atoms with Gasteiger partial charge in [0.15, 0.2) is 5.69 Å². The number of hydrazone groups is 1. The van der Waals surface area contributed by atoms with E-state index in [0.29, 0.717) is 28.7 Å². The van der Waals surface area contributed by atoms with Gasteiger partial charge in [0.2, 0.25) is 0 Å². The molecule has 35 heavy (non-hydrogen) atoms. The third-order valence-corrected chi connectivity index (χ3v) is 5.70. The van der Waals surface area contributed by atoms with Crippen molar-refractivity contribution >= 4 is 23.2 Å². The first-order valence-electron chi connectivity index (χ1n) is 11.0. The van der Waals surface area contributed by atoms with Gasteiger partial charge < -0.3 is 14.6 Å². The van der Waals surface area contributed by atoms with Crippen LogP contribution in [0.25, 0.3) is 0 Å². The van der Waals surface area contributed by atoms with E-state index < -0.39 is 5.92 Å². The zero-order valence-corrected chi connectivity index (χ0v) is 19.1. The van der Waals surface area contributed by atoms with Crippen LogP contribution >= 0.6 is 0 Å². The minimum atomic E-state index is -0.537. The normalized spacial score (nSPS) is 12.8. The zero-order valence-electron chi connectivity index (χ0n) is 19.1. The van der Waals surface area contributed by atoms with Crippen molar-refractivity contribution in [3.05, 3.63) is 107 Å². The second-order valence-electron chi connectivity index (χ2n) is 8.14. The number of hydrogen-bond acceptors (Lipinski definition) is 6. The fourth-order valence-corrected chi connectivity index (χ4v) is 3.92. The maximum Gasteiger partial charge on any atom is 0.277 e. The van der Waals surface area contributed by atoms with Crippen molar-refractivity contribution in [3.8, 4) is 11.5 Å². The predicted octanol–water partition coefficient (Wildman–Crippen LogP) is 5.01. The van der Waals surface area contributed by atoms with Crippen molar-refractivity contribution in [1.29, 1.82) is 0 Å². The summed E-state index contributed by atoms with van der Waals surface area (Å²) in [5.41, 5.74) is 6.53. The van der Waals surface area contributed by atoms with E-state index >= 15 is 0 Å². The van der Waals surface area contributed by atoms with E-state index in [-0.39, 0.29) is 17.5 Å². The SMILES string of the molecule is C/C(=N/NC(=O)C1c2ccccc2Oc2ccccc21)c1ccc(NC(=O)c2cc(C)on2)cc1. The minimum Gasteiger partial charge on any atom is -0.457 e. The van der Waals surface area contributed by atoms with Crippen LogP contribution in [0.2, 0.25) is 0 Å². The number of amides is 2. The molecule has 0 saturated carbocycles. The number of carbonyl (C=O) groups is 2. The van der Waals surface area contributed by atoms with Crippen LogP contribution in [0.1, 0.15) is 45.8 Å². The number of para-hydroxylation sites is 2. The Labute approximate surface area is 201 Å². The largest absolute Gasteiger partial charge is 0.457 e. The quantitative estimate of drug-likeness (QED) is 0.318. The Morgan fingerprint density at radius 1 is 0.914 bits per heavy atom. The van der Waals surface area contributed by atoms with Crippen molar-refractivity contribution in [2.45, 2.75) is 19.8 Å². The summed E-state index contributed by atoms with van der Waals surface area (Å²) in [4.78, 5) is 25.5. The molecule has 0 atom stereocenters. The summed E-state index contributed by atoms with van der Waals surface area (Å²) in [6, 6.07) is 23.7. The Morgan fingerprint density at radius 2 is 1.54 bits per heavy atom. The van der Waals surface area contributed by atoms with Crippen LogP contribution in [-0.4, -0.2) is 22.7 Å². The standard InChI is InChI=1S/C27H22N4O4/c1-16-15-22(31-35-16)26(32)28-19-13-11-18(12-14-19)17(2)29-30-27(33)25-20-7-3-5-9-23(20)34-24-10-6-4-8-21(24)25/h3-15,25H,1-2H3,(H,28,32)(H,30,33)/b29-17-. The summed E-state index contributed by atoms with van der Waals surface area (Å²) >= 11 is 0. The highest BCUT2D eigenvalue weighted by Crippen LogP contribution is 2.43. The lowest BCUT2D eigenvalue weighted by molar-refractivity contribution is -0.121. The molecule has 1 aliphatic heterocycles. The number of carbonyl (C=O) groups excluding carboxylic acids is 2. The van der Waals surface area contributed by atoms with Gasteiger partial charge in [0.05, 0.1) is 11.6 Å². The average molecular weight is 466 g/mol. The van der Waals surface area contributed by atoms with Crippen molar-refractivity contribution in [3.63, 3.8) is 0 Å². The van der Waals surface area contributed by atoms with Gasteiger partial charge in [-0.2, -0.15) is 5.10 Å². The molecule has 0 unspecified atom stereocenters. The van der Waals surface area contributed by atoms with Crippen molar-refractivity contribution < 1.29 is 18.8 Å². The number of anilines is 1. The van der Waals surface area contributed by atoms with Crippen LogP contribution in [-0.2, 0) is 4.79 Å². The number of ether oxygens (including phenoxy) is 1. The van der Waals surface area contributed by atoms with Crippen LogP contribution in [0.3, 0.4) is 0 Å². The Morgan fingerprint density at radius 3 is 2.14 bits per heavy atom. The van der Waals surface area contributed by atoms with Crippen LogP contribution < -0.4 is 15.5 Å². The number of hydrogen-bond donors (Lipinski definition) is 2. The van der Waals surface area contributed by atoms with E-state index in [4.69, 9.17) is 9.26 Å². The molecular weight excluding hydrogens is 444 g/mol. The van der Waals surface area contributed by atoms with Crippen molar-refractivity contribution in [2.75, 3.05) is 5.32 Å². The van der Waals surface area contributed by atoms with E-state index in [1.165, 1.54) is 0 Å². The maximum atomic E-state index is 13.2. The van der Waals surface area contributed by atoms with Crippen molar-refractivity contribution in [1.82, 2.24) is 10.6 Å². The fraction of sp³-hybridized carbons (Fsp3) is 0.111. The van der Waals surface area contributed by atoms with E-state index in [9.17, 15) is 9.59 Å². The third-order valence-electron chi connectivity index (χ3n) is 5.70. The first-order valence-corrected chi connectivity index (χ1v) is 11.0. The molecule has 2 N–H and O–H groups in total. The number of nitrogens with zero attached hydrogens (tertiary/aromatic N) is 2. The summed E-state index contributed by atoms with van der Waals surface area (Å²) in [5, 5.41) is 10.8. The second kappa shape index (κ2) is 9.26. The minimum absolute atomic E-state index is 0.211. The lowest BCUT2D eigenvalue weighted by Gasteiger charge is -2.26. The monoisotopic (exact) mass is 466 g/mol. The number of rotatable bonds is 5. The Balaban J connectivity index is 1.30. The molecule has 2 heterocycles. The third kappa shape index (κ3) is 4.54. The highest BCUT2D eigenvalue weighted by Gasteiger charge is 2.32. The molecule has 0 fully saturated rings. The Kier molecular flexibility index (Phi) is 5.85. The molecule has 0 spiro atoms. The van der Waals surface area contributed by atoms with Gasteiger partial charge in [-0.15, -0.1) is 0 Å². The Bertz CT molecular complexity index is 1390. The van der Waals surface area contributed by atoms with Gasteiger partial charge in [-0.3, -0.25) is 9.59 Å². The number of aryl methyl sites for hydroxylation is 1. The molecule has 1 aromatic heterocycles. The zero-order chi connectivity index (χ0) is 24.4. The molecule has 0 radical (unpaired) electrons. The summed E-state index contributed by atoms with van der Waals surface area (Å²) in [7, 11) is 0. The molecule has 2 amide bonds. The lowest BCUT2D eigenvalue weighted by atomic mass is 9.87. The second-order valence-corrected chi connectivity index (χ2v) is 8.14. The number of nitrogens with one attached hydrogen (secondary N) is 2. The van der Waals surface area contributed by atoms with Gasteiger partial charge in [-0.05, 0) is 43.7 Å². The van der Waals surface area contributed by atoms with Crippen LogP contribution in [0.4, 0.5) is 5.69 Å². The topological polar surface area (TPSA) is 106 Å². The van der Waals surface area contributed by atoms with Crippen LogP contribution in [0.15, 0.2) is 88.5 Å². The smallest absolute Gasteiger partial charge is 0.277 e. The molecule has 0 saturated heterocycles. The molecule has 8 heteroatoms. The van der Waals surface area contributed by atoms with Crippen LogP contribution in [0, 0.1) is 6.92 Å². The highest BCUT2D eigenvalue weighted by atomic mass is 16.5. The lowest BCUT2D eigenvalue weighted by Crippen LogP contribution is -2.29. The summed E-state index contributed by atoms with van der Waals surface area (Å²) in [6.07, 6.45) is 0. The molecular formula is C27H22N4O4. The molecule has 174 valence electrons. The van der Waals surface area contributed by atoms with Gasteiger partial charge in [-0.1, -0.05) is 53.7 Å². The highest BCUT2D eigenvalue weighted by molar-refractivity contribution is 6.04. The molecule has 0 bridgehead atoms. The van der Waals surface area contributed by atoms with E-state index in [1.54, 1.807) is 32.0 Å². The van der Waals surface area contributed by atoms with Gasteiger partial charge in [0, 0.05) is 22.9 Å². The first-order chi connectivity index (χ1) is 17.0. The molecule has 3 aromatic carbocycles. The molecule has 0 aliphatic carbocycles. The summed E-state index contributed by atoms with van der Waals surface area (Å²) in [5.74, 6) is 0.733. The van der Waals surface area contributed by atoms with Crippen LogP contribution in [0.5, 0.6) is 11.5 Å². The van der Waals surface area contributed by atoms with Gasteiger partial charge in [0.25, 0.3) is 11.8 Å². The number of aromatic nitrogens is 1. The van der Waals surface area contributed by atoms with Gasteiger partial charge in [0.1, 0.15) is 17.3 Å². The number of fused-ring (bicyclic) bond motifs is 2. The summed E-state index contributed by atoms with van der Waals surface area (Å²) in [6.45, 7) is 3.52. The first kappa shape index (κ1) is 22.1. The van der Waals surface area contributed by atoms with E-state index in [2.05, 4.69) is 21.0 Å². The van der Waals surface area contributed by atoms with Crippen molar-refractivity contribution in [2.24, 2.45) is 5.10 Å². The van der Waals surface area contributed by atoms with Gasteiger partial charge >= 0.3 is 0 Å². The van der Waals surface area contributed by atoms with E-state index in [1.807, 2.05) is 60.7 Å². The predicted molar refractivity (Wildman–Crippen MR) is 131 cm³/mol. The maximum absolute atomic E-state index is 13.2. The molecule has 4 aromatic rings. The van der Waals surface area contributed by atoms with Gasteiger partial charge in [-0.25, -0.2) is 5.43 Å². The number of benzene rings is 3. The van der Waals surface area contributed by atoms with E-state index in [0.717, 1.165) is 16.7 Å². The summed E-state index contributed by atoms with van der Waals surface area (Å²) < 4.78 is 10.9. The fourth-order valence-electron chi connectivity index (χ4n) is 3.92.